The van der Waals surface area contributed by atoms with Gasteiger partial charge in [-0.05, 0) is 54.7 Å². The van der Waals surface area contributed by atoms with Gasteiger partial charge in [0.1, 0.15) is 22.3 Å². The van der Waals surface area contributed by atoms with Gasteiger partial charge in [0.15, 0.2) is 11.4 Å². The zero-order chi connectivity index (χ0) is 25.5. The van der Waals surface area contributed by atoms with E-state index in [1.165, 1.54) is 16.9 Å². The van der Waals surface area contributed by atoms with Gasteiger partial charge < -0.3 is 10.0 Å². The summed E-state index contributed by atoms with van der Waals surface area (Å²) in [6, 6.07) is 3.13. The first-order valence-electron chi connectivity index (χ1n) is 11.0. The molecule has 3 heterocycles. The molecular formula is C23H26F2N5O3S2+. The first kappa shape index (κ1) is 25.2. The second-order valence-electron chi connectivity index (χ2n) is 8.39. The number of aromatic hydroxyl groups is 1. The van der Waals surface area contributed by atoms with Crippen LogP contribution < -0.4 is 15.8 Å². The summed E-state index contributed by atoms with van der Waals surface area (Å²) in [6.07, 6.45) is 2.73. The molecule has 0 unspecified atom stereocenters. The lowest BCUT2D eigenvalue weighted by molar-refractivity contribution is -0.110. The number of carbonyl (C=O) groups is 1. The fourth-order valence-corrected chi connectivity index (χ4v) is 6.58. The molecule has 186 valence electrons. The molecule has 1 spiro atoms. The summed E-state index contributed by atoms with van der Waals surface area (Å²) in [5.74, 6) is -0.915. The summed E-state index contributed by atoms with van der Waals surface area (Å²) in [6.45, 7) is 2.28. The minimum Gasteiger partial charge on any atom is -0.502 e. The fourth-order valence-electron chi connectivity index (χ4n) is 4.68. The quantitative estimate of drug-likeness (QED) is 0.415. The van der Waals surface area contributed by atoms with Crippen molar-refractivity contribution < 1.29 is 24.1 Å². The van der Waals surface area contributed by atoms with E-state index in [-0.39, 0.29) is 33.3 Å². The lowest BCUT2D eigenvalue weighted by atomic mass is 9.97. The highest BCUT2D eigenvalue weighted by atomic mass is 32.2. The molecule has 2 aliphatic heterocycles. The zero-order valence-electron chi connectivity index (χ0n) is 19.3. The van der Waals surface area contributed by atoms with Crippen LogP contribution in [0, 0.1) is 17.0 Å². The number of nitrogens with two attached hydrogens (primary N) is 1. The van der Waals surface area contributed by atoms with Crippen molar-refractivity contribution in [2.45, 2.75) is 31.8 Å². The lowest BCUT2D eigenvalue weighted by Crippen LogP contribution is -2.70. The average molecular weight is 523 g/mol. The van der Waals surface area contributed by atoms with Crippen LogP contribution in [0.15, 0.2) is 29.2 Å². The Morgan fingerprint density at radius 2 is 1.97 bits per heavy atom. The Bertz CT molecular complexity index is 1280. The molecule has 12 heteroatoms. The third kappa shape index (κ3) is 4.33. The van der Waals surface area contributed by atoms with E-state index in [4.69, 9.17) is 10.8 Å². The number of hydrogen-bond donors (Lipinski definition) is 3. The Kier molecular flexibility index (Phi) is 6.96. The number of nitrogens with one attached hydrogen (secondary N) is 1. The van der Waals surface area contributed by atoms with Gasteiger partial charge in [0.25, 0.3) is 5.91 Å². The Balaban J connectivity index is 1.67. The van der Waals surface area contributed by atoms with Gasteiger partial charge in [-0.1, -0.05) is 6.07 Å². The molecule has 4 N–H and O–H groups in total. The first-order chi connectivity index (χ1) is 16.6. The second kappa shape index (κ2) is 9.65. The summed E-state index contributed by atoms with van der Waals surface area (Å²) < 4.78 is 28.6. The van der Waals surface area contributed by atoms with E-state index in [1.807, 2.05) is 23.7 Å². The Hall–Kier alpha value is -2.86. The molecule has 1 aromatic heterocycles. The van der Waals surface area contributed by atoms with Gasteiger partial charge in [0.2, 0.25) is 10.5 Å². The Morgan fingerprint density at radius 3 is 2.60 bits per heavy atom. The molecule has 1 aromatic carbocycles. The van der Waals surface area contributed by atoms with Crippen LogP contribution >= 0.6 is 23.5 Å². The highest BCUT2D eigenvalue weighted by molar-refractivity contribution is 8.26. The van der Waals surface area contributed by atoms with Gasteiger partial charge in [0.05, 0.1) is 12.0 Å². The van der Waals surface area contributed by atoms with Crippen molar-refractivity contribution in [1.29, 1.82) is 5.41 Å². The Morgan fingerprint density at radius 1 is 1.29 bits per heavy atom. The van der Waals surface area contributed by atoms with Crippen molar-refractivity contribution >= 4 is 39.5 Å². The summed E-state index contributed by atoms with van der Waals surface area (Å²) >= 11 is 2.55. The van der Waals surface area contributed by atoms with Gasteiger partial charge >= 0.3 is 0 Å². The Labute approximate surface area is 209 Å². The number of thioether (sulfide) groups is 2. The van der Waals surface area contributed by atoms with E-state index in [0.29, 0.717) is 19.4 Å². The molecular weight excluding hydrogens is 496 g/mol. The molecule has 1 amide bonds. The molecule has 1 fully saturated rings. The van der Waals surface area contributed by atoms with Gasteiger partial charge in [-0.3, -0.25) is 30.1 Å². The summed E-state index contributed by atoms with van der Waals surface area (Å²) in [5.41, 5.74) is -1.60. The van der Waals surface area contributed by atoms with Gasteiger partial charge in [-0.15, -0.1) is 0 Å². The zero-order valence-corrected chi connectivity index (χ0v) is 20.9. The second-order valence-corrected chi connectivity index (χ2v) is 10.8. The molecule has 2 aromatic rings. The van der Waals surface area contributed by atoms with Crippen LogP contribution in [-0.2, 0) is 6.42 Å². The highest BCUT2D eigenvalue weighted by Gasteiger charge is 2.50. The molecule has 0 saturated carbocycles. The molecule has 0 aliphatic carbocycles. The van der Waals surface area contributed by atoms with Crippen molar-refractivity contribution in [3.63, 3.8) is 0 Å². The maximum atomic E-state index is 14.0. The van der Waals surface area contributed by atoms with Crippen molar-refractivity contribution in [2.24, 2.45) is 0 Å². The number of halogens is 2. The van der Waals surface area contributed by atoms with E-state index in [9.17, 15) is 23.5 Å². The summed E-state index contributed by atoms with van der Waals surface area (Å²) in [7, 11) is 1.80. The normalized spacial score (nSPS) is 17.0. The maximum absolute atomic E-state index is 14.0. The number of aromatic nitrogens is 1. The van der Waals surface area contributed by atoms with E-state index >= 15 is 0 Å². The van der Waals surface area contributed by atoms with Crippen molar-refractivity contribution in [3.8, 4) is 5.75 Å². The smallest absolute Gasteiger partial charge is 0.278 e. The molecule has 4 rings (SSSR count). The number of benzene rings is 1. The van der Waals surface area contributed by atoms with Crippen LogP contribution in [0.3, 0.4) is 0 Å². The van der Waals surface area contributed by atoms with Crippen LogP contribution in [0.4, 0.5) is 8.78 Å². The van der Waals surface area contributed by atoms with Gasteiger partial charge in [-0.25, -0.2) is 8.78 Å². The van der Waals surface area contributed by atoms with Crippen molar-refractivity contribution in [1.82, 2.24) is 9.58 Å². The number of amides is 1. The molecule has 8 nitrogen and oxygen atoms in total. The highest BCUT2D eigenvalue weighted by Crippen LogP contribution is 2.39. The van der Waals surface area contributed by atoms with E-state index < -0.39 is 34.4 Å². The first-order valence-corrected chi connectivity index (χ1v) is 13.0. The summed E-state index contributed by atoms with van der Waals surface area (Å²) in [5, 5.41) is 26.9. The predicted molar refractivity (Wildman–Crippen MR) is 134 cm³/mol. The minimum atomic E-state index is -0.859. The number of rotatable bonds is 4. The monoisotopic (exact) mass is 522 g/mol. The maximum Gasteiger partial charge on any atom is 0.278 e. The molecule has 0 radical (unpaired) electrons. The standard InChI is InChI=1S/C23H25F2N5O3S2/c1-3-29-22(33)18-20(32)19(31)15(12-30(18)28(2)23(29)6-8-34-9-7-23)21(27)35-17(26)10-13-4-5-14(24)11-16(13)25/h4-5,11-12,26-27,32H,3,6-10H2,1-2H3/p+1. The van der Waals surface area contributed by atoms with Crippen LogP contribution in [0.2, 0.25) is 0 Å². The number of pyridine rings is 1. The number of hydrogen-bond acceptors (Lipinski definition) is 7. The third-order valence-corrected chi connectivity index (χ3v) is 8.32. The number of carbonyl (C=O) groups excluding carboxylic acids is 1. The number of nitrogens with zero attached hydrogens (tertiary/aromatic N) is 3. The molecule has 0 bridgehead atoms. The predicted octanol–water partition coefficient (Wildman–Crippen LogP) is 1.56. The van der Waals surface area contributed by atoms with Crippen molar-refractivity contribution in [2.75, 3.05) is 30.1 Å². The molecule has 35 heavy (non-hydrogen) atoms. The third-order valence-electron chi connectivity index (χ3n) is 6.51. The van der Waals surface area contributed by atoms with E-state index in [1.54, 1.807) is 11.9 Å². The van der Waals surface area contributed by atoms with Crippen LogP contribution in [0.1, 0.15) is 41.4 Å². The molecule has 0 atom stereocenters. The average Bonchev–Trinajstić information content (AvgIpc) is 2.82. The van der Waals surface area contributed by atoms with E-state index in [0.717, 1.165) is 35.4 Å². The van der Waals surface area contributed by atoms with Crippen LogP contribution in [-0.4, -0.2) is 61.4 Å². The largest absolute Gasteiger partial charge is 0.502 e. The van der Waals surface area contributed by atoms with E-state index in [2.05, 4.69) is 0 Å². The SMILES string of the molecule is CCN1C(=O)c2c(O)c(=O)c(C(=N)SC(=[NH2+])Cc3ccc(F)cc3F)cn2N(C)C12CCSCC2. The van der Waals surface area contributed by atoms with Gasteiger partial charge in [-0.2, -0.15) is 11.8 Å². The molecule has 1 saturated heterocycles. The number of fused-ring (bicyclic) bond motifs is 1. The summed E-state index contributed by atoms with van der Waals surface area (Å²) in [4.78, 5) is 28.1. The minimum absolute atomic E-state index is 0.0813. The lowest BCUT2D eigenvalue weighted by Gasteiger charge is -2.55. The van der Waals surface area contributed by atoms with Crippen molar-refractivity contribution in [3.05, 3.63) is 63.1 Å². The van der Waals surface area contributed by atoms with Crippen LogP contribution in [0.5, 0.6) is 5.75 Å². The van der Waals surface area contributed by atoms with Crippen LogP contribution in [0.25, 0.3) is 0 Å². The molecule has 2 aliphatic rings. The van der Waals surface area contributed by atoms with Gasteiger partial charge in [0, 0.05) is 25.9 Å². The fraction of sp³-hybridized carbons (Fsp3) is 0.391. The topological polar surface area (TPSA) is 115 Å².